The molecule has 0 aromatic carbocycles. The molecule has 4 nitrogen and oxygen atoms in total. The quantitative estimate of drug-likeness (QED) is 0.733. The van der Waals surface area contributed by atoms with Gasteiger partial charge >= 0.3 is 5.97 Å². The minimum absolute atomic E-state index is 0.0376. The zero-order valence-electron chi connectivity index (χ0n) is 14.4. The molecule has 1 aliphatic rings. The molecular formula is C17H31NO3. The Bertz CT molecular complexity index is 367. The number of amides is 1. The third-order valence-corrected chi connectivity index (χ3v) is 4.90. The standard InChI is InChI=1S/C17H31NO3/c1-7-21-17(20)13(5)18(6)16(19)15-10-12(4)8-9-14(15)11(2)3/h11-15H,7-10H2,1-6H3/t12-,13-,14+,15-/m1/s1. The normalized spacial score (nSPS) is 27.3. The van der Waals surface area contributed by atoms with Crippen molar-refractivity contribution in [3.8, 4) is 0 Å². The van der Waals surface area contributed by atoms with Crippen LogP contribution in [0.4, 0.5) is 0 Å². The van der Waals surface area contributed by atoms with Crippen LogP contribution in [0.1, 0.15) is 53.9 Å². The van der Waals surface area contributed by atoms with Gasteiger partial charge in [0, 0.05) is 13.0 Å². The predicted octanol–water partition coefficient (Wildman–Crippen LogP) is 3.10. The van der Waals surface area contributed by atoms with Gasteiger partial charge in [-0.15, -0.1) is 0 Å². The summed E-state index contributed by atoms with van der Waals surface area (Å²) in [5, 5.41) is 0. The molecule has 0 saturated heterocycles. The zero-order valence-corrected chi connectivity index (χ0v) is 14.4. The maximum atomic E-state index is 12.8. The number of likely N-dealkylation sites (N-methyl/N-ethyl adjacent to an activating group) is 1. The van der Waals surface area contributed by atoms with E-state index in [0.29, 0.717) is 24.4 Å². The van der Waals surface area contributed by atoms with Gasteiger partial charge in [-0.1, -0.05) is 27.2 Å². The Hall–Kier alpha value is -1.06. The molecule has 0 aliphatic heterocycles. The van der Waals surface area contributed by atoms with Gasteiger partial charge in [0.1, 0.15) is 6.04 Å². The highest BCUT2D eigenvalue weighted by Crippen LogP contribution is 2.39. The SMILES string of the molecule is CCOC(=O)[C@@H](C)N(C)C(=O)[C@@H]1C[C@H](C)CC[C@H]1C(C)C. The molecule has 0 bridgehead atoms. The summed E-state index contributed by atoms with van der Waals surface area (Å²) in [6.45, 7) is 10.5. The minimum atomic E-state index is -0.512. The number of esters is 1. The van der Waals surface area contributed by atoms with Crippen molar-refractivity contribution in [1.82, 2.24) is 4.90 Å². The highest BCUT2D eigenvalue weighted by molar-refractivity contribution is 5.85. The fraction of sp³-hybridized carbons (Fsp3) is 0.882. The van der Waals surface area contributed by atoms with E-state index in [1.165, 1.54) is 6.42 Å². The maximum absolute atomic E-state index is 12.8. The van der Waals surface area contributed by atoms with Gasteiger partial charge in [0.2, 0.25) is 5.91 Å². The van der Waals surface area contributed by atoms with Crippen molar-refractivity contribution in [3.63, 3.8) is 0 Å². The molecule has 0 aromatic heterocycles. The summed E-state index contributed by atoms with van der Waals surface area (Å²) >= 11 is 0. The van der Waals surface area contributed by atoms with E-state index < -0.39 is 6.04 Å². The number of hydrogen-bond donors (Lipinski definition) is 0. The van der Waals surface area contributed by atoms with Crippen LogP contribution < -0.4 is 0 Å². The topological polar surface area (TPSA) is 46.6 Å². The summed E-state index contributed by atoms with van der Waals surface area (Å²) in [5.74, 6) is 1.32. The van der Waals surface area contributed by atoms with Crippen LogP contribution in [0.25, 0.3) is 0 Å². The van der Waals surface area contributed by atoms with Crippen LogP contribution in [0.5, 0.6) is 0 Å². The Morgan fingerprint density at radius 2 is 1.86 bits per heavy atom. The second-order valence-electron chi connectivity index (χ2n) is 6.81. The van der Waals surface area contributed by atoms with Crippen LogP contribution in [0.2, 0.25) is 0 Å². The number of nitrogens with zero attached hydrogens (tertiary/aromatic N) is 1. The number of carbonyl (C=O) groups is 2. The van der Waals surface area contributed by atoms with Crippen LogP contribution in [0, 0.1) is 23.7 Å². The number of rotatable bonds is 5. The average molecular weight is 297 g/mol. The van der Waals surface area contributed by atoms with Crippen molar-refractivity contribution in [2.24, 2.45) is 23.7 Å². The second-order valence-corrected chi connectivity index (χ2v) is 6.81. The van der Waals surface area contributed by atoms with Crippen molar-refractivity contribution in [3.05, 3.63) is 0 Å². The van der Waals surface area contributed by atoms with Gasteiger partial charge < -0.3 is 9.64 Å². The fourth-order valence-electron chi connectivity index (χ4n) is 3.36. The molecule has 1 fully saturated rings. The van der Waals surface area contributed by atoms with Crippen molar-refractivity contribution in [2.75, 3.05) is 13.7 Å². The van der Waals surface area contributed by atoms with Gasteiger partial charge in [-0.2, -0.15) is 0 Å². The van der Waals surface area contributed by atoms with Crippen LogP contribution in [-0.4, -0.2) is 36.5 Å². The van der Waals surface area contributed by atoms with Gasteiger partial charge in [0.05, 0.1) is 6.61 Å². The fourth-order valence-corrected chi connectivity index (χ4v) is 3.36. The molecule has 1 amide bonds. The molecule has 1 aliphatic carbocycles. The molecular weight excluding hydrogens is 266 g/mol. The van der Waals surface area contributed by atoms with Crippen LogP contribution in [0.15, 0.2) is 0 Å². The largest absolute Gasteiger partial charge is 0.464 e. The molecule has 0 spiro atoms. The minimum Gasteiger partial charge on any atom is -0.464 e. The molecule has 0 aromatic rings. The van der Waals surface area contributed by atoms with Crippen LogP contribution in [0.3, 0.4) is 0 Å². The number of carbonyl (C=O) groups excluding carboxylic acids is 2. The summed E-state index contributed by atoms with van der Waals surface area (Å²) in [4.78, 5) is 26.2. The summed E-state index contributed by atoms with van der Waals surface area (Å²) in [6.07, 6.45) is 3.24. The maximum Gasteiger partial charge on any atom is 0.328 e. The van der Waals surface area contributed by atoms with E-state index in [-0.39, 0.29) is 17.8 Å². The first-order valence-corrected chi connectivity index (χ1v) is 8.22. The first kappa shape index (κ1) is 18.0. The number of hydrogen-bond acceptors (Lipinski definition) is 3. The third kappa shape index (κ3) is 4.45. The molecule has 0 N–H and O–H groups in total. The molecule has 122 valence electrons. The number of ether oxygens (including phenoxy) is 1. The Labute approximate surface area is 129 Å². The third-order valence-electron chi connectivity index (χ3n) is 4.90. The van der Waals surface area contributed by atoms with Gasteiger partial charge in [-0.05, 0) is 44.4 Å². The van der Waals surface area contributed by atoms with Crippen molar-refractivity contribution >= 4 is 11.9 Å². The van der Waals surface area contributed by atoms with Gasteiger partial charge in [-0.3, -0.25) is 4.79 Å². The van der Waals surface area contributed by atoms with Crippen LogP contribution >= 0.6 is 0 Å². The van der Waals surface area contributed by atoms with Crippen molar-refractivity contribution in [2.45, 2.75) is 59.9 Å². The molecule has 4 heteroatoms. The Kier molecular flexibility index (Phi) is 6.69. The zero-order chi connectivity index (χ0) is 16.2. The molecule has 0 unspecified atom stereocenters. The van der Waals surface area contributed by atoms with Crippen LogP contribution in [-0.2, 0) is 14.3 Å². The van der Waals surface area contributed by atoms with E-state index >= 15 is 0 Å². The Morgan fingerprint density at radius 3 is 2.38 bits per heavy atom. The molecule has 1 saturated carbocycles. The lowest BCUT2D eigenvalue weighted by Gasteiger charge is -2.39. The molecule has 0 heterocycles. The summed E-state index contributed by atoms with van der Waals surface area (Å²) in [5.41, 5.74) is 0. The smallest absolute Gasteiger partial charge is 0.328 e. The van der Waals surface area contributed by atoms with Gasteiger partial charge in [0.15, 0.2) is 0 Å². The van der Waals surface area contributed by atoms with E-state index in [2.05, 4.69) is 20.8 Å². The summed E-state index contributed by atoms with van der Waals surface area (Å²) < 4.78 is 5.02. The lowest BCUT2D eigenvalue weighted by atomic mass is 9.69. The van der Waals surface area contributed by atoms with E-state index in [9.17, 15) is 9.59 Å². The van der Waals surface area contributed by atoms with E-state index in [1.807, 2.05) is 0 Å². The Balaban J connectivity index is 2.80. The summed E-state index contributed by atoms with van der Waals surface area (Å²) in [7, 11) is 1.72. The molecule has 0 radical (unpaired) electrons. The molecule has 1 rings (SSSR count). The van der Waals surface area contributed by atoms with Gasteiger partial charge in [0.25, 0.3) is 0 Å². The predicted molar refractivity (Wildman–Crippen MR) is 83.7 cm³/mol. The lowest BCUT2D eigenvalue weighted by molar-refractivity contribution is -0.155. The van der Waals surface area contributed by atoms with E-state index in [1.54, 1.807) is 25.8 Å². The molecule has 21 heavy (non-hydrogen) atoms. The van der Waals surface area contributed by atoms with Crippen molar-refractivity contribution in [1.29, 1.82) is 0 Å². The molecule has 4 atom stereocenters. The highest BCUT2D eigenvalue weighted by atomic mass is 16.5. The van der Waals surface area contributed by atoms with E-state index in [4.69, 9.17) is 4.74 Å². The average Bonchev–Trinajstić information content (AvgIpc) is 2.44. The monoisotopic (exact) mass is 297 g/mol. The van der Waals surface area contributed by atoms with E-state index in [0.717, 1.165) is 12.8 Å². The lowest BCUT2D eigenvalue weighted by Crippen LogP contribution is -2.47. The first-order chi connectivity index (χ1) is 9.79. The summed E-state index contributed by atoms with van der Waals surface area (Å²) in [6, 6.07) is -0.512. The second kappa shape index (κ2) is 7.81. The first-order valence-electron chi connectivity index (χ1n) is 8.22. The van der Waals surface area contributed by atoms with Gasteiger partial charge in [-0.25, -0.2) is 4.79 Å². The highest BCUT2D eigenvalue weighted by Gasteiger charge is 2.38. The van der Waals surface area contributed by atoms with Crippen molar-refractivity contribution < 1.29 is 14.3 Å². The Morgan fingerprint density at radius 1 is 1.24 bits per heavy atom.